The minimum atomic E-state index is -3.63. The van der Waals surface area contributed by atoms with Gasteiger partial charge < -0.3 is 9.45 Å². The van der Waals surface area contributed by atoms with Gasteiger partial charge in [0, 0.05) is 24.6 Å². The minimum absolute atomic E-state index is 0.00169. The van der Waals surface area contributed by atoms with Crippen molar-refractivity contribution in [3.8, 4) is 0 Å². The van der Waals surface area contributed by atoms with Gasteiger partial charge in [0.25, 0.3) is 0 Å². The highest BCUT2D eigenvalue weighted by atomic mass is 32.2. The largest absolute Gasteiger partial charge is 0.611 e. The van der Waals surface area contributed by atoms with E-state index in [1.807, 2.05) is 18.2 Å². The van der Waals surface area contributed by atoms with Gasteiger partial charge in [-0.05, 0) is 91.9 Å². The normalized spacial score (nSPS) is 20.3. The Balaban J connectivity index is 1.26. The Morgan fingerprint density at radius 3 is 2.35 bits per heavy atom. The summed E-state index contributed by atoms with van der Waals surface area (Å²) in [7, 11) is -2.01. The van der Waals surface area contributed by atoms with Crippen LogP contribution in [0.15, 0.2) is 88.7 Å². The maximum Gasteiger partial charge on any atom is 0.242 e. The lowest BCUT2D eigenvalue weighted by Gasteiger charge is -2.38. The van der Waals surface area contributed by atoms with Gasteiger partial charge in [0.2, 0.25) is 10.0 Å². The third kappa shape index (κ3) is 5.49. The number of hydrogen-bond donors (Lipinski definition) is 0. The number of likely N-dealkylation sites (N-methyl/N-ethyl adjacent to an activating group) is 1. The van der Waals surface area contributed by atoms with Crippen LogP contribution in [0.1, 0.15) is 36.3 Å². The molecule has 1 unspecified atom stereocenters. The zero-order chi connectivity index (χ0) is 26.0. The summed E-state index contributed by atoms with van der Waals surface area (Å²) in [4.78, 5) is 3.69. The topological polar surface area (TPSA) is 63.7 Å². The molecule has 0 aliphatic carbocycles. The lowest BCUT2D eigenvalue weighted by Crippen LogP contribution is -2.44. The van der Waals surface area contributed by atoms with Crippen molar-refractivity contribution in [3.63, 3.8) is 0 Å². The van der Waals surface area contributed by atoms with Gasteiger partial charge in [-0.1, -0.05) is 48.5 Å². The molecular formula is C29H33FN2O3S2. The minimum Gasteiger partial charge on any atom is -0.611 e. The molecule has 2 aliphatic heterocycles. The van der Waals surface area contributed by atoms with Crippen LogP contribution in [0.2, 0.25) is 0 Å². The predicted octanol–water partition coefficient (Wildman–Crippen LogP) is 4.78. The molecule has 196 valence electrons. The lowest BCUT2D eigenvalue weighted by molar-refractivity contribution is 0.165. The van der Waals surface area contributed by atoms with E-state index < -0.39 is 21.2 Å². The molecule has 5 nitrogen and oxygen atoms in total. The Bertz CT molecular complexity index is 1310. The van der Waals surface area contributed by atoms with Crippen LogP contribution in [0, 0.1) is 5.82 Å². The third-order valence-electron chi connectivity index (χ3n) is 7.99. The second-order valence-corrected chi connectivity index (χ2v) is 13.7. The molecule has 2 aliphatic rings. The molecule has 1 fully saturated rings. The molecular weight excluding hydrogens is 507 g/mol. The van der Waals surface area contributed by atoms with E-state index >= 15 is 0 Å². The van der Waals surface area contributed by atoms with E-state index in [0.29, 0.717) is 12.3 Å². The van der Waals surface area contributed by atoms with E-state index in [0.717, 1.165) is 49.4 Å². The van der Waals surface area contributed by atoms with E-state index in [-0.39, 0.29) is 22.0 Å². The number of benzene rings is 3. The van der Waals surface area contributed by atoms with Crippen LogP contribution in [0.4, 0.5) is 4.39 Å². The fourth-order valence-electron chi connectivity index (χ4n) is 5.75. The van der Waals surface area contributed by atoms with Crippen molar-refractivity contribution in [2.45, 2.75) is 40.4 Å². The van der Waals surface area contributed by atoms with Crippen LogP contribution in [0.5, 0.6) is 0 Å². The van der Waals surface area contributed by atoms with Crippen LogP contribution in [-0.2, 0) is 26.6 Å². The summed E-state index contributed by atoms with van der Waals surface area (Å²) in [6.07, 6.45) is 2.70. The highest BCUT2D eigenvalue weighted by molar-refractivity contribution is 7.91. The number of piperidine rings is 1. The number of sulfonamides is 1. The van der Waals surface area contributed by atoms with Crippen molar-refractivity contribution in [2.75, 3.05) is 39.0 Å². The molecule has 5 rings (SSSR count). The van der Waals surface area contributed by atoms with E-state index in [1.54, 1.807) is 49.5 Å². The first-order chi connectivity index (χ1) is 17.8. The Hall–Kier alpha value is -2.23. The molecule has 8 heteroatoms. The van der Waals surface area contributed by atoms with E-state index in [4.69, 9.17) is 0 Å². The highest BCUT2D eigenvalue weighted by Crippen LogP contribution is 2.46. The molecule has 2 atom stereocenters. The lowest BCUT2D eigenvalue weighted by atomic mass is 9.74. The number of likely N-dealkylation sites (tertiary alicyclic amines) is 1. The molecule has 0 aromatic heterocycles. The maximum atomic E-state index is 13.6. The summed E-state index contributed by atoms with van der Waals surface area (Å²) in [5, 5.41) is 0. The first-order valence-electron chi connectivity index (χ1n) is 12.8. The zero-order valence-electron chi connectivity index (χ0n) is 21.1. The standard InChI is InChI=1S/C29H33FN2O3S2/c1-31(37(34,35)26-7-3-2-4-8-26)21-24(23-11-13-25(30)14-12-23)15-18-32-19-16-29(17-20-32)22-36(33)28-10-6-5-9-27(28)29/h2-14,24H,15-22H2,1H3/t24-,36?/m1/s1. The molecule has 0 saturated carbocycles. The monoisotopic (exact) mass is 540 g/mol. The Kier molecular flexibility index (Phi) is 7.75. The molecule has 1 saturated heterocycles. The Morgan fingerprint density at radius 2 is 1.65 bits per heavy atom. The van der Waals surface area contributed by atoms with Crippen molar-refractivity contribution in [3.05, 3.63) is 95.8 Å². The van der Waals surface area contributed by atoms with Crippen molar-refractivity contribution < 1.29 is 17.4 Å². The van der Waals surface area contributed by atoms with Crippen LogP contribution in [0.25, 0.3) is 0 Å². The van der Waals surface area contributed by atoms with E-state index in [9.17, 15) is 17.4 Å². The fourth-order valence-corrected chi connectivity index (χ4v) is 8.84. The number of rotatable bonds is 8. The smallest absolute Gasteiger partial charge is 0.242 e. The SMILES string of the molecule is CN(C[C@@H](CCN1CCC2(CC1)C[S+]([O-])c1ccccc12)c1ccc(F)cc1)S(=O)(=O)c1ccccc1. The van der Waals surface area contributed by atoms with Crippen LogP contribution >= 0.6 is 0 Å². The average molecular weight is 541 g/mol. The summed E-state index contributed by atoms with van der Waals surface area (Å²) >= 11 is -0.927. The van der Waals surface area contributed by atoms with E-state index in [2.05, 4.69) is 11.0 Å². The maximum absolute atomic E-state index is 13.6. The van der Waals surface area contributed by atoms with Crippen molar-refractivity contribution >= 4 is 21.2 Å². The molecule has 1 spiro atoms. The third-order valence-corrected chi connectivity index (χ3v) is 11.5. The Morgan fingerprint density at radius 1 is 1.00 bits per heavy atom. The summed E-state index contributed by atoms with van der Waals surface area (Å²) in [5.41, 5.74) is 2.19. The van der Waals surface area contributed by atoms with Gasteiger partial charge in [0.15, 0.2) is 4.90 Å². The van der Waals surface area contributed by atoms with Gasteiger partial charge in [0.1, 0.15) is 11.6 Å². The summed E-state index contributed by atoms with van der Waals surface area (Å²) < 4.78 is 54.1. The fraction of sp³-hybridized carbons (Fsp3) is 0.379. The zero-order valence-corrected chi connectivity index (χ0v) is 22.7. The van der Waals surface area contributed by atoms with E-state index in [1.165, 1.54) is 22.0 Å². The molecule has 0 amide bonds. The van der Waals surface area contributed by atoms with Crippen molar-refractivity contribution in [2.24, 2.45) is 0 Å². The second kappa shape index (κ2) is 10.9. The first kappa shape index (κ1) is 26.4. The molecule has 3 aromatic carbocycles. The molecule has 0 radical (unpaired) electrons. The van der Waals surface area contributed by atoms with Crippen molar-refractivity contribution in [1.82, 2.24) is 9.21 Å². The van der Waals surface area contributed by atoms with Gasteiger partial charge in [-0.15, -0.1) is 0 Å². The van der Waals surface area contributed by atoms with Gasteiger partial charge in [-0.2, -0.15) is 0 Å². The molecule has 0 bridgehead atoms. The molecule has 2 heterocycles. The van der Waals surface area contributed by atoms with Crippen molar-refractivity contribution in [1.29, 1.82) is 0 Å². The average Bonchev–Trinajstić information content (AvgIpc) is 3.19. The number of fused-ring (bicyclic) bond motifs is 2. The van der Waals surface area contributed by atoms with Gasteiger partial charge in [-0.3, -0.25) is 0 Å². The molecule has 0 N–H and O–H groups in total. The highest BCUT2D eigenvalue weighted by Gasteiger charge is 2.48. The number of nitrogens with zero attached hydrogens (tertiary/aromatic N) is 2. The summed E-state index contributed by atoms with van der Waals surface area (Å²) in [6, 6.07) is 23.0. The molecule has 37 heavy (non-hydrogen) atoms. The Labute approximate surface area is 222 Å². The quantitative estimate of drug-likeness (QED) is 0.386. The molecule has 3 aromatic rings. The second-order valence-electron chi connectivity index (χ2n) is 10.2. The predicted molar refractivity (Wildman–Crippen MR) is 145 cm³/mol. The first-order valence-corrected chi connectivity index (χ1v) is 15.5. The van der Waals surface area contributed by atoms with Gasteiger partial charge >= 0.3 is 0 Å². The van der Waals surface area contributed by atoms with Gasteiger partial charge in [-0.25, -0.2) is 17.1 Å². The summed E-state index contributed by atoms with van der Waals surface area (Å²) in [6.45, 7) is 2.97. The van der Waals surface area contributed by atoms with Gasteiger partial charge in [0.05, 0.1) is 4.90 Å². The van der Waals surface area contributed by atoms with Crippen LogP contribution < -0.4 is 0 Å². The number of hydrogen-bond acceptors (Lipinski definition) is 4. The number of halogens is 1. The summed E-state index contributed by atoms with van der Waals surface area (Å²) in [5.74, 6) is 0.337. The van der Waals surface area contributed by atoms with Crippen LogP contribution in [-0.4, -0.2) is 61.2 Å². The van der Waals surface area contributed by atoms with Crippen LogP contribution in [0.3, 0.4) is 0 Å².